The van der Waals surface area contributed by atoms with Crippen LogP contribution in [-0.2, 0) is 14.3 Å². The van der Waals surface area contributed by atoms with Crippen molar-refractivity contribution in [2.75, 3.05) is 0 Å². The Balaban J connectivity index is 2.34. The van der Waals surface area contributed by atoms with Crippen LogP contribution in [0.2, 0.25) is 0 Å². The summed E-state index contributed by atoms with van der Waals surface area (Å²) >= 11 is 0. The van der Waals surface area contributed by atoms with Crippen molar-refractivity contribution in [3.05, 3.63) is 12.2 Å². The molecule has 0 aromatic rings. The van der Waals surface area contributed by atoms with Gasteiger partial charge in [-0.2, -0.15) is 21.6 Å². The second-order valence-electron chi connectivity index (χ2n) is 5.62. The minimum Gasteiger partial charge on any atom is -0.252 e. The van der Waals surface area contributed by atoms with E-state index in [1.165, 1.54) is 0 Å². The zero-order valence-electron chi connectivity index (χ0n) is 10.2. The lowest BCUT2D eigenvalue weighted by atomic mass is 9.72. The highest BCUT2D eigenvalue weighted by atomic mass is 32.2. The van der Waals surface area contributed by atoms with Crippen molar-refractivity contribution in [2.24, 2.45) is 11.3 Å². The average molecular weight is 284 g/mol. The Kier molecular flexibility index (Phi) is 2.70. The fraction of sp³-hybridized carbons (Fsp3) is 0.818. The second-order valence-corrected chi connectivity index (χ2v) is 7.16. The zero-order valence-corrected chi connectivity index (χ0v) is 11.0. The van der Waals surface area contributed by atoms with Gasteiger partial charge in [-0.05, 0) is 36.2 Å². The molecule has 2 atom stereocenters. The van der Waals surface area contributed by atoms with E-state index in [0.717, 1.165) is 0 Å². The Hall–Kier alpha value is -0.560. The van der Waals surface area contributed by atoms with Gasteiger partial charge in [0.15, 0.2) is 0 Å². The van der Waals surface area contributed by atoms with Crippen LogP contribution >= 0.6 is 0 Å². The molecular weight excluding hydrogens is 269 g/mol. The Morgan fingerprint density at radius 3 is 2.33 bits per heavy atom. The molecule has 104 valence electrons. The van der Waals surface area contributed by atoms with E-state index in [4.69, 9.17) is 0 Å². The van der Waals surface area contributed by atoms with E-state index < -0.39 is 21.2 Å². The van der Waals surface area contributed by atoms with Crippen LogP contribution in [0.5, 0.6) is 0 Å². The average Bonchev–Trinajstić information content (AvgIpc) is 2.65. The lowest BCUT2D eigenvalue weighted by molar-refractivity contribution is -0.0618. The van der Waals surface area contributed by atoms with E-state index in [2.05, 4.69) is 10.8 Å². The van der Waals surface area contributed by atoms with Crippen LogP contribution < -0.4 is 0 Å². The third kappa shape index (κ3) is 1.71. The fourth-order valence-corrected chi connectivity index (χ4v) is 3.88. The van der Waals surface area contributed by atoms with Crippen molar-refractivity contribution in [1.82, 2.24) is 0 Å². The van der Waals surface area contributed by atoms with E-state index in [1.807, 2.05) is 13.8 Å². The standard InChI is InChI=1S/C11H15F3O3S/c1-7-9(2,3)8-4-5-10(7,6-8)17-18(15,16)11(12,13)14/h8H,1,4-6H2,2-3H3. The third-order valence-corrected chi connectivity index (χ3v) is 5.48. The van der Waals surface area contributed by atoms with Gasteiger partial charge in [0.25, 0.3) is 0 Å². The van der Waals surface area contributed by atoms with Crippen molar-refractivity contribution in [2.45, 2.75) is 44.2 Å². The predicted molar refractivity (Wildman–Crippen MR) is 59.1 cm³/mol. The minimum absolute atomic E-state index is 0.133. The van der Waals surface area contributed by atoms with Gasteiger partial charge < -0.3 is 0 Å². The van der Waals surface area contributed by atoms with Gasteiger partial charge in [-0.1, -0.05) is 20.4 Å². The first kappa shape index (κ1) is 13.9. The van der Waals surface area contributed by atoms with E-state index >= 15 is 0 Å². The Labute approximate surface area is 104 Å². The van der Waals surface area contributed by atoms with Crippen LogP contribution in [0.4, 0.5) is 13.2 Å². The summed E-state index contributed by atoms with van der Waals surface area (Å²) in [7, 11) is -5.57. The predicted octanol–water partition coefficient (Wildman–Crippen LogP) is 2.99. The molecule has 2 unspecified atom stereocenters. The molecule has 0 aromatic heterocycles. The summed E-state index contributed by atoms with van der Waals surface area (Å²) in [6.07, 6.45) is 1.25. The molecule has 2 fully saturated rings. The van der Waals surface area contributed by atoms with Gasteiger partial charge in [0.2, 0.25) is 0 Å². The third-order valence-electron chi connectivity index (χ3n) is 4.37. The minimum atomic E-state index is -5.57. The molecule has 0 aromatic carbocycles. The molecule has 0 spiro atoms. The summed E-state index contributed by atoms with van der Waals surface area (Å²) in [6.45, 7) is 7.50. The first-order valence-corrected chi connectivity index (χ1v) is 7.05. The SMILES string of the molecule is C=C1C2(OS(=O)(=O)C(F)(F)F)CCC(C2)C1(C)C. The Bertz CT molecular complexity index is 492. The van der Waals surface area contributed by atoms with Crippen molar-refractivity contribution in [1.29, 1.82) is 0 Å². The zero-order chi connectivity index (χ0) is 14.0. The first-order chi connectivity index (χ1) is 7.92. The summed E-state index contributed by atoms with van der Waals surface area (Å²) in [5.41, 5.74) is -6.66. The lowest BCUT2D eigenvalue weighted by Crippen LogP contribution is -2.40. The number of hydrogen-bond acceptors (Lipinski definition) is 3. The number of hydrogen-bond donors (Lipinski definition) is 0. The molecule has 2 aliphatic carbocycles. The molecule has 0 amide bonds. The van der Waals surface area contributed by atoms with E-state index in [1.54, 1.807) is 0 Å². The molecule has 2 bridgehead atoms. The smallest absolute Gasteiger partial charge is 0.252 e. The summed E-state index contributed by atoms with van der Waals surface area (Å²) in [6, 6.07) is 0. The molecule has 2 aliphatic rings. The lowest BCUT2D eigenvalue weighted by Gasteiger charge is -2.37. The van der Waals surface area contributed by atoms with Crippen LogP contribution in [-0.4, -0.2) is 19.5 Å². The van der Waals surface area contributed by atoms with E-state index in [-0.39, 0.29) is 17.8 Å². The molecule has 7 heteroatoms. The quantitative estimate of drug-likeness (QED) is 0.445. The monoisotopic (exact) mass is 284 g/mol. The fourth-order valence-electron chi connectivity index (χ4n) is 3.12. The largest absolute Gasteiger partial charge is 0.523 e. The van der Waals surface area contributed by atoms with Crippen molar-refractivity contribution in [3.8, 4) is 0 Å². The molecule has 3 nitrogen and oxygen atoms in total. The van der Waals surface area contributed by atoms with Crippen molar-refractivity contribution in [3.63, 3.8) is 0 Å². The van der Waals surface area contributed by atoms with Gasteiger partial charge in [0.1, 0.15) is 5.60 Å². The molecule has 0 saturated heterocycles. The van der Waals surface area contributed by atoms with Crippen molar-refractivity contribution < 1.29 is 25.8 Å². The topological polar surface area (TPSA) is 43.4 Å². The molecule has 0 N–H and O–H groups in total. The van der Waals surface area contributed by atoms with Gasteiger partial charge in [0, 0.05) is 0 Å². The molecule has 0 heterocycles. The van der Waals surface area contributed by atoms with Crippen LogP contribution in [0.25, 0.3) is 0 Å². The summed E-state index contributed by atoms with van der Waals surface area (Å²) in [5.74, 6) is 0.133. The van der Waals surface area contributed by atoms with Crippen molar-refractivity contribution >= 4 is 10.1 Å². The Morgan fingerprint density at radius 2 is 1.94 bits per heavy atom. The Morgan fingerprint density at radius 1 is 1.39 bits per heavy atom. The van der Waals surface area contributed by atoms with Crippen LogP contribution in [0.3, 0.4) is 0 Å². The van der Waals surface area contributed by atoms with Crippen LogP contribution in [0.1, 0.15) is 33.1 Å². The van der Waals surface area contributed by atoms with Gasteiger partial charge >= 0.3 is 15.6 Å². The normalized spacial score (nSPS) is 35.2. The molecule has 18 heavy (non-hydrogen) atoms. The molecule has 0 aliphatic heterocycles. The number of halogens is 3. The van der Waals surface area contributed by atoms with Gasteiger partial charge in [-0.3, -0.25) is 4.18 Å². The van der Waals surface area contributed by atoms with Gasteiger partial charge in [-0.25, -0.2) is 0 Å². The highest BCUT2D eigenvalue weighted by Gasteiger charge is 2.62. The highest BCUT2D eigenvalue weighted by Crippen LogP contribution is 2.62. The first-order valence-electron chi connectivity index (χ1n) is 5.64. The van der Waals surface area contributed by atoms with E-state index in [9.17, 15) is 21.6 Å². The summed E-state index contributed by atoms with van der Waals surface area (Å²) < 4.78 is 64.0. The van der Waals surface area contributed by atoms with E-state index in [0.29, 0.717) is 18.4 Å². The maximum atomic E-state index is 12.4. The molecule has 2 rings (SSSR count). The number of fused-ring (bicyclic) bond motifs is 2. The maximum absolute atomic E-state index is 12.4. The van der Waals surface area contributed by atoms with Crippen LogP contribution in [0, 0.1) is 11.3 Å². The molecule has 2 saturated carbocycles. The second kappa shape index (κ2) is 3.50. The number of rotatable bonds is 2. The van der Waals surface area contributed by atoms with Crippen LogP contribution in [0.15, 0.2) is 12.2 Å². The highest BCUT2D eigenvalue weighted by molar-refractivity contribution is 7.87. The summed E-state index contributed by atoms with van der Waals surface area (Å²) in [5, 5.41) is 0. The maximum Gasteiger partial charge on any atom is 0.523 e. The van der Waals surface area contributed by atoms with Gasteiger partial charge in [0.05, 0.1) is 0 Å². The van der Waals surface area contributed by atoms with Gasteiger partial charge in [-0.15, -0.1) is 0 Å². The molecule has 0 radical (unpaired) electrons. The summed E-state index contributed by atoms with van der Waals surface area (Å²) in [4.78, 5) is 0. The molecular formula is C11H15F3O3S. The number of alkyl halides is 3.